The van der Waals surface area contributed by atoms with E-state index in [0.717, 1.165) is 19.3 Å². The maximum absolute atomic E-state index is 12.3. The second kappa shape index (κ2) is 6.27. The van der Waals surface area contributed by atoms with Crippen molar-refractivity contribution in [2.45, 2.75) is 29.1 Å². The summed E-state index contributed by atoms with van der Waals surface area (Å²) in [5.74, 6) is 0.228. The minimum atomic E-state index is -4.09. The van der Waals surface area contributed by atoms with Crippen molar-refractivity contribution in [3.8, 4) is 0 Å². The molecule has 1 aliphatic rings. The molecule has 1 aromatic rings. The molecule has 1 unspecified atom stereocenters. The van der Waals surface area contributed by atoms with Crippen LogP contribution in [-0.2, 0) is 20.0 Å². The fraction of sp³-hybridized carbons (Fsp3) is 0.385. The van der Waals surface area contributed by atoms with E-state index in [1.165, 1.54) is 24.3 Å². The van der Waals surface area contributed by atoms with Gasteiger partial charge < -0.3 is 0 Å². The molecule has 3 N–H and O–H groups in total. The second-order valence-electron chi connectivity index (χ2n) is 4.99. The van der Waals surface area contributed by atoms with Gasteiger partial charge in [0.2, 0.25) is 20.0 Å². The zero-order valence-corrected chi connectivity index (χ0v) is 13.0. The third-order valence-corrected chi connectivity index (χ3v) is 5.96. The van der Waals surface area contributed by atoms with Crippen molar-refractivity contribution in [2.75, 3.05) is 6.54 Å². The van der Waals surface area contributed by atoms with Gasteiger partial charge in [-0.3, -0.25) is 0 Å². The Labute approximate surface area is 125 Å². The SMILES string of the molecule is NS(=O)(=O)c1ccccc1S(=O)(=O)NCC1CC=CCC1. The fourth-order valence-electron chi connectivity index (χ4n) is 2.25. The molecule has 0 saturated heterocycles. The highest BCUT2D eigenvalue weighted by Crippen LogP contribution is 2.21. The van der Waals surface area contributed by atoms with E-state index in [9.17, 15) is 16.8 Å². The van der Waals surface area contributed by atoms with Gasteiger partial charge in [0, 0.05) is 6.54 Å². The standard InChI is InChI=1S/C13H18N2O4S2/c14-20(16,17)12-8-4-5-9-13(12)21(18,19)15-10-11-6-2-1-3-7-11/h1-2,4-5,8-9,11,15H,3,6-7,10H2,(H2,14,16,17). The average molecular weight is 330 g/mol. The lowest BCUT2D eigenvalue weighted by Gasteiger charge is -2.18. The highest BCUT2D eigenvalue weighted by Gasteiger charge is 2.24. The Kier molecular flexibility index (Phi) is 4.82. The van der Waals surface area contributed by atoms with Gasteiger partial charge >= 0.3 is 0 Å². The Morgan fingerprint density at radius 3 is 2.33 bits per heavy atom. The molecule has 116 valence electrons. The highest BCUT2D eigenvalue weighted by molar-refractivity contribution is 7.92. The molecule has 1 atom stereocenters. The van der Waals surface area contributed by atoms with E-state index < -0.39 is 20.0 Å². The summed E-state index contributed by atoms with van der Waals surface area (Å²) in [5, 5.41) is 5.06. The smallest absolute Gasteiger partial charge is 0.225 e. The normalized spacial score (nSPS) is 19.6. The minimum Gasteiger partial charge on any atom is -0.225 e. The van der Waals surface area contributed by atoms with Gasteiger partial charge in [-0.15, -0.1) is 0 Å². The van der Waals surface area contributed by atoms with Crippen LogP contribution in [0.2, 0.25) is 0 Å². The zero-order chi connectivity index (χ0) is 15.5. The maximum atomic E-state index is 12.3. The van der Waals surface area contributed by atoms with Gasteiger partial charge in [0.25, 0.3) is 0 Å². The first-order valence-electron chi connectivity index (χ1n) is 6.57. The number of nitrogens with one attached hydrogen (secondary N) is 1. The monoisotopic (exact) mass is 330 g/mol. The molecule has 0 aliphatic heterocycles. The van der Waals surface area contributed by atoms with E-state index in [-0.39, 0.29) is 22.3 Å². The second-order valence-corrected chi connectivity index (χ2v) is 8.26. The van der Waals surface area contributed by atoms with Gasteiger partial charge in [0.15, 0.2) is 0 Å². The van der Waals surface area contributed by atoms with E-state index in [1.54, 1.807) is 0 Å². The first-order chi connectivity index (χ1) is 9.81. The number of hydrogen-bond acceptors (Lipinski definition) is 4. The van der Waals surface area contributed by atoms with Crippen LogP contribution in [0.25, 0.3) is 0 Å². The molecule has 2 rings (SSSR count). The lowest BCUT2D eigenvalue weighted by Crippen LogP contribution is -2.31. The average Bonchev–Trinajstić information content (AvgIpc) is 2.45. The number of primary sulfonamides is 1. The van der Waals surface area contributed by atoms with Crippen molar-refractivity contribution >= 4 is 20.0 Å². The van der Waals surface area contributed by atoms with Crippen molar-refractivity contribution < 1.29 is 16.8 Å². The van der Waals surface area contributed by atoms with Gasteiger partial charge in [-0.1, -0.05) is 24.3 Å². The minimum absolute atomic E-state index is 0.228. The first-order valence-corrected chi connectivity index (χ1v) is 9.60. The topological polar surface area (TPSA) is 106 Å². The molecule has 0 bridgehead atoms. The quantitative estimate of drug-likeness (QED) is 0.784. The molecule has 0 fully saturated rings. The van der Waals surface area contributed by atoms with Crippen LogP contribution in [0.4, 0.5) is 0 Å². The first kappa shape index (κ1) is 16.2. The van der Waals surface area contributed by atoms with Crippen LogP contribution in [-0.4, -0.2) is 23.4 Å². The van der Waals surface area contributed by atoms with E-state index in [2.05, 4.69) is 10.8 Å². The molecule has 0 heterocycles. The lowest BCUT2D eigenvalue weighted by atomic mass is 9.95. The number of rotatable bonds is 5. The van der Waals surface area contributed by atoms with Crippen molar-refractivity contribution in [1.29, 1.82) is 0 Å². The molecule has 0 saturated carbocycles. The molecule has 1 aliphatic carbocycles. The summed E-state index contributed by atoms with van der Waals surface area (Å²) in [4.78, 5) is -0.695. The zero-order valence-electron chi connectivity index (χ0n) is 11.4. The Balaban J connectivity index is 2.22. The Bertz CT molecular complexity index is 739. The number of nitrogens with two attached hydrogens (primary N) is 1. The molecule has 6 nitrogen and oxygen atoms in total. The predicted octanol–water partition coefficient (Wildman–Crippen LogP) is 0.969. The Morgan fingerprint density at radius 2 is 1.76 bits per heavy atom. The summed E-state index contributed by atoms with van der Waals surface area (Å²) >= 11 is 0. The Hall–Kier alpha value is -1.22. The van der Waals surface area contributed by atoms with Crippen LogP contribution < -0.4 is 9.86 Å². The summed E-state index contributed by atoms with van der Waals surface area (Å²) in [7, 11) is -8.00. The van der Waals surface area contributed by atoms with Gasteiger partial charge in [-0.25, -0.2) is 26.7 Å². The number of sulfonamides is 2. The molecule has 0 amide bonds. The number of hydrogen-bond donors (Lipinski definition) is 2. The van der Waals surface area contributed by atoms with Gasteiger partial charge in [-0.05, 0) is 37.3 Å². The molecule has 0 aromatic heterocycles. The van der Waals surface area contributed by atoms with Crippen LogP contribution in [0.15, 0.2) is 46.2 Å². The molecule has 0 radical (unpaired) electrons. The summed E-state index contributed by atoms with van der Waals surface area (Å²) in [6.45, 7) is 0.283. The molecule has 21 heavy (non-hydrogen) atoms. The van der Waals surface area contributed by atoms with E-state index in [4.69, 9.17) is 5.14 Å². The fourth-order valence-corrected chi connectivity index (χ4v) is 4.75. The molecular formula is C13H18N2O4S2. The summed E-state index contributed by atoms with van der Waals surface area (Å²) in [6, 6.07) is 5.33. The number of allylic oxidation sites excluding steroid dienone is 2. The molecule has 1 aromatic carbocycles. The van der Waals surface area contributed by atoms with E-state index >= 15 is 0 Å². The Morgan fingerprint density at radius 1 is 1.10 bits per heavy atom. The highest BCUT2D eigenvalue weighted by atomic mass is 32.2. The number of benzene rings is 1. The van der Waals surface area contributed by atoms with Gasteiger partial charge in [0.05, 0.1) is 0 Å². The van der Waals surface area contributed by atoms with Crippen LogP contribution in [0.5, 0.6) is 0 Å². The van der Waals surface area contributed by atoms with Gasteiger partial charge in [-0.2, -0.15) is 0 Å². The van der Waals surface area contributed by atoms with Gasteiger partial charge in [0.1, 0.15) is 9.79 Å². The summed E-state index contributed by atoms with van der Waals surface area (Å²) in [6.07, 6.45) is 6.76. The van der Waals surface area contributed by atoms with Crippen molar-refractivity contribution in [2.24, 2.45) is 11.1 Å². The van der Waals surface area contributed by atoms with Crippen LogP contribution >= 0.6 is 0 Å². The molecular weight excluding hydrogens is 312 g/mol. The largest absolute Gasteiger partial charge is 0.241 e. The van der Waals surface area contributed by atoms with E-state index in [0.29, 0.717) is 0 Å². The van der Waals surface area contributed by atoms with Crippen LogP contribution in [0, 0.1) is 5.92 Å². The van der Waals surface area contributed by atoms with E-state index in [1.807, 2.05) is 6.08 Å². The molecule has 0 spiro atoms. The predicted molar refractivity (Wildman–Crippen MR) is 79.5 cm³/mol. The van der Waals surface area contributed by atoms with Crippen LogP contribution in [0.1, 0.15) is 19.3 Å². The van der Waals surface area contributed by atoms with Crippen molar-refractivity contribution in [3.63, 3.8) is 0 Å². The third kappa shape index (κ3) is 4.13. The molecule has 8 heteroatoms. The lowest BCUT2D eigenvalue weighted by molar-refractivity contribution is 0.467. The maximum Gasteiger partial charge on any atom is 0.241 e. The van der Waals surface area contributed by atoms with Crippen LogP contribution in [0.3, 0.4) is 0 Å². The summed E-state index contributed by atoms with van der Waals surface area (Å²) in [5.41, 5.74) is 0. The summed E-state index contributed by atoms with van der Waals surface area (Å²) < 4.78 is 50.0. The van der Waals surface area contributed by atoms with Crippen molar-refractivity contribution in [1.82, 2.24) is 4.72 Å². The van der Waals surface area contributed by atoms with Crippen molar-refractivity contribution in [3.05, 3.63) is 36.4 Å². The third-order valence-electron chi connectivity index (χ3n) is 3.38.